The maximum absolute atomic E-state index is 12.5. The minimum absolute atomic E-state index is 0.180. The van der Waals surface area contributed by atoms with Gasteiger partial charge in [0.2, 0.25) is 0 Å². The van der Waals surface area contributed by atoms with Crippen molar-refractivity contribution in [2.24, 2.45) is 0 Å². The highest BCUT2D eigenvalue weighted by Gasteiger charge is 2.14. The highest BCUT2D eigenvalue weighted by molar-refractivity contribution is 5.91. The van der Waals surface area contributed by atoms with Crippen LogP contribution in [0.2, 0.25) is 0 Å². The molecule has 3 rings (SSSR count). The van der Waals surface area contributed by atoms with E-state index in [1.54, 1.807) is 0 Å². The van der Waals surface area contributed by atoms with Crippen molar-refractivity contribution in [3.8, 4) is 0 Å². The van der Waals surface area contributed by atoms with Gasteiger partial charge in [-0.25, -0.2) is 4.68 Å². The molecule has 1 aliphatic rings. The molecule has 0 saturated carbocycles. The second-order valence-corrected chi connectivity index (χ2v) is 6.97. The Kier molecular flexibility index (Phi) is 7.33. The first kappa shape index (κ1) is 20.2. The summed E-state index contributed by atoms with van der Waals surface area (Å²) in [6, 6.07) is 11.0. The number of aryl methyl sites for hydroxylation is 1. The van der Waals surface area contributed by atoms with E-state index in [2.05, 4.69) is 28.3 Å². The highest BCUT2D eigenvalue weighted by Crippen LogP contribution is 2.13. The summed E-state index contributed by atoms with van der Waals surface area (Å²) in [6.45, 7) is 7.21. The summed E-state index contributed by atoms with van der Waals surface area (Å²) in [5.74, 6) is -0.272. The summed E-state index contributed by atoms with van der Waals surface area (Å²) in [5, 5.41) is 7.14. The maximum Gasteiger partial charge on any atom is 0.271 e. The predicted molar refractivity (Wildman–Crippen MR) is 107 cm³/mol. The van der Waals surface area contributed by atoms with Crippen molar-refractivity contribution in [1.82, 2.24) is 20.0 Å². The molecule has 0 spiro atoms. The molecular weight excluding hydrogens is 356 g/mol. The zero-order valence-corrected chi connectivity index (χ0v) is 16.4. The smallest absolute Gasteiger partial charge is 0.271 e. The molecule has 7 heteroatoms. The van der Waals surface area contributed by atoms with E-state index < -0.39 is 0 Å². The fourth-order valence-corrected chi connectivity index (χ4v) is 3.19. The summed E-state index contributed by atoms with van der Waals surface area (Å²) in [6.07, 6.45) is 1.82. The molecule has 150 valence electrons. The van der Waals surface area contributed by atoms with Crippen molar-refractivity contribution in [3.05, 3.63) is 63.6 Å². The largest absolute Gasteiger partial charge is 0.379 e. The van der Waals surface area contributed by atoms with Crippen molar-refractivity contribution in [1.29, 1.82) is 0 Å². The molecule has 0 unspecified atom stereocenters. The van der Waals surface area contributed by atoms with Crippen LogP contribution in [0.1, 0.15) is 41.4 Å². The SMILES string of the molecule is CCCCn1nc(C(=O)NCc2ccccc2CN2CCOCC2)ccc1=O. The number of nitrogens with zero attached hydrogens (tertiary/aromatic N) is 3. The lowest BCUT2D eigenvalue weighted by molar-refractivity contribution is 0.0340. The normalized spacial score (nSPS) is 14.8. The summed E-state index contributed by atoms with van der Waals surface area (Å²) in [7, 11) is 0. The van der Waals surface area contributed by atoms with Crippen molar-refractivity contribution in [2.45, 2.75) is 39.4 Å². The van der Waals surface area contributed by atoms with E-state index in [0.717, 1.165) is 51.3 Å². The van der Waals surface area contributed by atoms with Gasteiger partial charge in [-0.2, -0.15) is 5.10 Å². The molecule has 0 aliphatic carbocycles. The van der Waals surface area contributed by atoms with Gasteiger partial charge in [-0.1, -0.05) is 37.6 Å². The van der Waals surface area contributed by atoms with Crippen molar-refractivity contribution in [3.63, 3.8) is 0 Å². The number of ether oxygens (including phenoxy) is 1. The molecule has 1 saturated heterocycles. The third-order valence-electron chi connectivity index (χ3n) is 4.88. The molecule has 1 aliphatic heterocycles. The molecule has 2 heterocycles. The predicted octanol–water partition coefficient (Wildman–Crippen LogP) is 1.81. The van der Waals surface area contributed by atoms with Gasteiger partial charge >= 0.3 is 0 Å². The van der Waals surface area contributed by atoms with E-state index in [1.807, 2.05) is 18.2 Å². The van der Waals surface area contributed by atoms with Gasteiger partial charge in [0.1, 0.15) is 5.69 Å². The van der Waals surface area contributed by atoms with Gasteiger partial charge in [-0.3, -0.25) is 14.5 Å². The number of unbranched alkanes of at least 4 members (excludes halogenated alkanes) is 1. The number of morpholine rings is 1. The molecule has 1 aromatic carbocycles. The average Bonchev–Trinajstić information content (AvgIpc) is 2.73. The van der Waals surface area contributed by atoms with E-state index in [-0.39, 0.29) is 17.2 Å². The third-order valence-corrected chi connectivity index (χ3v) is 4.88. The Bertz CT molecular complexity index is 844. The van der Waals surface area contributed by atoms with Gasteiger partial charge in [-0.05, 0) is 23.6 Å². The summed E-state index contributed by atoms with van der Waals surface area (Å²) < 4.78 is 6.77. The standard InChI is InChI=1S/C21H28N4O3/c1-2-3-10-25-20(26)9-8-19(23-25)21(27)22-15-17-6-4-5-7-18(17)16-24-11-13-28-14-12-24/h4-9H,2-3,10-16H2,1H3,(H,22,27). The zero-order valence-electron chi connectivity index (χ0n) is 16.4. The maximum atomic E-state index is 12.5. The molecule has 1 aromatic heterocycles. The van der Waals surface area contributed by atoms with E-state index in [9.17, 15) is 9.59 Å². The molecule has 0 bridgehead atoms. The lowest BCUT2D eigenvalue weighted by atomic mass is 10.1. The monoisotopic (exact) mass is 384 g/mol. The second-order valence-electron chi connectivity index (χ2n) is 6.97. The van der Waals surface area contributed by atoms with Gasteiger partial charge in [0.15, 0.2) is 0 Å². The number of rotatable bonds is 8. The zero-order chi connectivity index (χ0) is 19.8. The van der Waals surface area contributed by atoms with Crippen LogP contribution in [0.15, 0.2) is 41.2 Å². The average molecular weight is 384 g/mol. The molecule has 28 heavy (non-hydrogen) atoms. The summed E-state index contributed by atoms with van der Waals surface area (Å²) >= 11 is 0. The van der Waals surface area contributed by atoms with Crippen LogP contribution >= 0.6 is 0 Å². The highest BCUT2D eigenvalue weighted by atomic mass is 16.5. The molecule has 2 aromatic rings. The van der Waals surface area contributed by atoms with Crippen LogP contribution < -0.4 is 10.9 Å². The Labute approximate surface area is 165 Å². The minimum Gasteiger partial charge on any atom is -0.379 e. The van der Waals surface area contributed by atoms with Gasteiger partial charge in [0.05, 0.1) is 13.2 Å². The van der Waals surface area contributed by atoms with Gasteiger partial charge < -0.3 is 10.1 Å². The van der Waals surface area contributed by atoms with Crippen molar-refractivity contribution >= 4 is 5.91 Å². The van der Waals surface area contributed by atoms with E-state index in [1.165, 1.54) is 22.4 Å². The second kappa shape index (κ2) is 10.1. The van der Waals surface area contributed by atoms with Crippen molar-refractivity contribution in [2.75, 3.05) is 26.3 Å². The van der Waals surface area contributed by atoms with E-state index in [4.69, 9.17) is 4.74 Å². The molecular formula is C21H28N4O3. The van der Waals surface area contributed by atoms with E-state index >= 15 is 0 Å². The lowest BCUT2D eigenvalue weighted by Gasteiger charge is -2.27. The third kappa shape index (κ3) is 5.50. The van der Waals surface area contributed by atoms with Crippen LogP contribution in [0.5, 0.6) is 0 Å². The number of nitrogens with one attached hydrogen (secondary N) is 1. The molecule has 1 fully saturated rings. The number of aromatic nitrogens is 2. The number of benzene rings is 1. The number of amides is 1. The van der Waals surface area contributed by atoms with Gasteiger partial charge in [-0.15, -0.1) is 0 Å². The lowest BCUT2D eigenvalue weighted by Crippen LogP contribution is -2.36. The number of carbonyl (C=O) groups is 1. The van der Waals surface area contributed by atoms with Gasteiger partial charge in [0, 0.05) is 38.8 Å². The Morgan fingerprint density at radius 3 is 2.64 bits per heavy atom. The quantitative estimate of drug-likeness (QED) is 0.751. The Hall–Kier alpha value is -2.51. The van der Waals surface area contributed by atoms with Crippen LogP contribution in [0.3, 0.4) is 0 Å². The summed E-state index contributed by atoms with van der Waals surface area (Å²) in [5.41, 5.74) is 2.37. The molecule has 0 atom stereocenters. The van der Waals surface area contributed by atoms with Crippen LogP contribution in [0, 0.1) is 0 Å². The Morgan fingerprint density at radius 1 is 1.14 bits per heavy atom. The number of hydrogen-bond donors (Lipinski definition) is 1. The molecule has 0 radical (unpaired) electrons. The Balaban J connectivity index is 1.64. The number of carbonyl (C=O) groups excluding carboxylic acids is 1. The molecule has 1 amide bonds. The molecule has 1 N–H and O–H groups in total. The van der Waals surface area contributed by atoms with Crippen LogP contribution in [-0.2, 0) is 24.4 Å². The first-order valence-electron chi connectivity index (χ1n) is 9.90. The topological polar surface area (TPSA) is 76.5 Å². The minimum atomic E-state index is -0.272. The van der Waals surface area contributed by atoms with Crippen LogP contribution in [0.4, 0.5) is 0 Å². The fraction of sp³-hybridized carbons (Fsp3) is 0.476. The van der Waals surface area contributed by atoms with Crippen LogP contribution in [-0.4, -0.2) is 46.9 Å². The van der Waals surface area contributed by atoms with E-state index in [0.29, 0.717) is 13.1 Å². The van der Waals surface area contributed by atoms with Gasteiger partial charge in [0.25, 0.3) is 11.5 Å². The summed E-state index contributed by atoms with van der Waals surface area (Å²) in [4.78, 5) is 26.8. The first-order valence-corrected chi connectivity index (χ1v) is 9.90. The van der Waals surface area contributed by atoms with Crippen molar-refractivity contribution < 1.29 is 9.53 Å². The Morgan fingerprint density at radius 2 is 1.89 bits per heavy atom. The molecule has 7 nitrogen and oxygen atoms in total. The van der Waals surface area contributed by atoms with Crippen LogP contribution in [0.25, 0.3) is 0 Å². The first-order chi connectivity index (χ1) is 13.7. The number of hydrogen-bond acceptors (Lipinski definition) is 5. The fourth-order valence-electron chi connectivity index (χ4n) is 3.19.